The molecule has 0 radical (unpaired) electrons. The van der Waals surface area contributed by atoms with Gasteiger partial charge in [-0.05, 0) is 56.9 Å². The van der Waals surface area contributed by atoms with Gasteiger partial charge in [-0.25, -0.2) is 4.98 Å². The summed E-state index contributed by atoms with van der Waals surface area (Å²) in [7, 11) is 0. The maximum atomic E-state index is 12.9. The normalized spacial score (nSPS) is 19.5. The van der Waals surface area contributed by atoms with Crippen LogP contribution in [0.1, 0.15) is 67.8 Å². The summed E-state index contributed by atoms with van der Waals surface area (Å²) >= 11 is 0. The number of carbonyl (C=O) groups is 1. The number of imidazole rings is 1. The van der Waals surface area contributed by atoms with E-state index in [9.17, 15) is 4.79 Å². The van der Waals surface area contributed by atoms with E-state index in [2.05, 4.69) is 59.7 Å². The number of carbonyl (C=O) groups excluding carboxylic acids is 1. The second kappa shape index (κ2) is 9.58. The Bertz CT molecular complexity index is 1130. The third kappa shape index (κ3) is 4.64. The standard InChI is InChI=1S/C28H35N3O2/c1-20-13-14-26(21(2)17-20)33-16-8-15-30-25-12-7-6-11-24(25)29-28(30)22-18-27(32)31(19-22)23-9-4-3-5-10-23/h6-7,11-14,17,22-23H,3-5,8-10,15-16,18-19H2,1-2H3. The van der Waals surface area contributed by atoms with Crippen LogP contribution in [-0.2, 0) is 11.3 Å². The van der Waals surface area contributed by atoms with Crippen LogP contribution in [0.5, 0.6) is 5.75 Å². The van der Waals surface area contributed by atoms with E-state index in [1.807, 2.05) is 6.07 Å². The summed E-state index contributed by atoms with van der Waals surface area (Å²) in [5, 5.41) is 0. The zero-order valence-electron chi connectivity index (χ0n) is 19.9. The smallest absolute Gasteiger partial charge is 0.223 e. The Morgan fingerprint density at radius 2 is 1.88 bits per heavy atom. The number of nitrogens with zero attached hydrogens (tertiary/aromatic N) is 3. The van der Waals surface area contributed by atoms with Crippen LogP contribution in [0.2, 0.25) is 0 Å². The van der Waals surface area contributed by atoms with Crippen LogP contribution in [0.3, 0.4) is 0 Å². The van der Waals surface area contributed by atoms with E-state index in [0.29, 0.717) is 25.0 Å². The van der Waals surface area contributed by atoms with Gasteiger partial charge >= 0.3 is 0 Å². The minimum absolute atomic E-state index is 0.173. The first-order valence-electron chi connectivity index (χ1n) is 12.5. The predicted molar refractivity (Wildman–Crippen MR) is 132 cm³/mol. The summed E-state index contributed by atoms with van der Waals surface area (Å²) in [6.07, 6.45) is 7.60. The molecule has 2 aromatic carbocycles. The minimum Gasteiger partial charge on any atom is -0.493 e. The van der Waals surface area contributed by atoms with Crippen LogP contribution in [0, 0.1) is 13.8 Å². The van der Waals surface area contributed by atoms with Crippen molar-refractivity contribution >= 4 is 16.9 Å². The average Bonchev–Trinajstić information content (AvgIpc) is 3.39. The van der Waals surface area contributed by atoms with Crippen molar-refractivity contribution in [3.63, 3.8) is 0 Å². The molecule has 0 N–H and O–H groups in total. The molecule has 1 saturated heterocycles. The summed E-state index contributed by atoms with van der Waals surface area (Å²) in [6.45, 7) is 6.51. The van der Waals surface area contributed by atoms with Gasteiger partial charge in [0.1, 0.15) is 11.6 Å². The molecule has 1 saturated carbocycles. The van der Waals surface area contributed by atoms with Crippen molar-refractivity contribution in [2.45, 2.75) is 77.3 Å². The van der Waals surface area contributed by atoms with Crippen LogP contribution in [0.25, 0.3) is 11.0 Å². The molecule has 1 aromatic heterocycles. The Kier molecular flexibility index (Phi) is 6.39. The number of benzene rings is 2. The van der Waals surface area contributed by atoms with Gasteiger partial charge in [-0.1, -0.05) is 49.1 Å². The zero-order chi connectivity index (χ0) is 22.8. The van der Waals surface area contributed by atoms with E-state index in [1.165, 1.54) is 30.4 Å². The average molecular weight is 446 g/mol. The van der Waals surface area contributed by atoms with Crippen LogP contribution >= 0.6 is 0 Å². The van der Waals surface area contributed by atoms with Crippen molar-refractivity contribution in [3.05, 3.63) is 59.4 Å². The molecule has 0 bridgehead atoms. The summed E-state index contributed by atoms with van der Waals surface area (Å²) in [5.74, 6) is 2.51. The maximum Gasteiger partial charge on any atom is 0.223 e. The van der Waals surface area contributed by atoms with Crippen LogP contribution in [0.4, 0.5) is 0 Å². The molecule has 5 nitrogen and oxygen atoms in total. The summed E-state index contributed by atoms with van der Waals surface area (Å²) in [5.41, 5.74) is 4.60. The fourth-order valence-corrected chi connectivity index (χ4v) is 5.66. The molecule has 1 unspecified atom stereocenters. The van der Waals surface area contributed by atoms with E-state index >= 15 is 0 Å². The van der Waals surface area contributed by atoms with Crippen LogP contribution in [0.15, 0.2) is 42.5 Å². The first-order chi connectivity index (χ1) is 16.1. The molecule has 1 aliphatic carbocycles. The third-order valence-electron chi connectivity index (χ3n) is 7.34. The number of aromatic nitrogens is 2. The SMILES string of the molecule is Cc1ccc(OCCCn2c(C3CC(=O)N(C4CCCCC4)C3)nc3ccccc32)c(C)c1. The van der Waals surface area contributed by atoms with E-state index < -0.39 is 0 Å². The molecule has 1 atom stereocenters. The lowest BCUT2D eigenvalue weighted by Gasteiger charge is -2.31. The van der Waals surface area contributed by atoms with Crippen molar-refractivity contribution in [3.8, 4) is 5.75 Å². The molecule has 2 aliphatic rings. The largest absolute Gasteiger partial charge is 0.493 e. The van der Waals surface area contributed by atoms with Gasteiger partial charge in [-0.15, -0.1) is 0 Å². The lowest BCUT2D eigenvalue weighted by molar-refractivity contribution is -0.130. The lowest BCUT2D eigenvalue weighted by Crippen LogP contribution is -2.37. The number of hydrogen-bond donors (Lipinski definition) is 0. The summed E-state index contributed by atoms with van der Waals surface area (Å²) < 4.78 is 8.42. The van der Waals surface area contributed by atoms with E-state index in [-0.39, 0.29) is 5.92 Å². The second-order valence-corrected chi connectivity index (χ2v) is 9.82. The highest BCUT2D eigenvalue weighted by atomic mass is 16.5. The molecular formula is C28H35N3O2. The molecule has 33 heavy (non-hydrogen) atoms. The monoisotopic (exact) mass is 445 g/mol. The van der Waals surface area contributed by atoms with Gasteiger partial charge in [0.05, 0.1) is 17.6 Å². The van der Waals surface area contributed by atoms with Crippen LogP contribution < -0.4 is 4.74 Å². The summed E-state index contributed by atoms with van der Waals surface area (Å²) in [6, 6.07) is 15.1. The lowest BCUT2D eigenvalue weighted by atomic mass is 9.94. The fraction of sp³-hybridized carbons (Fsp3) is 0.500. The van der Waals surface area contributed by atoms with E-state index in [0.717, 1.165) is 55.0 Å². The Morgan fingerprint density at radius 1 is 1.06 bits per heavy atom. The Hall–Kier alpha value is -2.82. The number of aryl methyl sites for hydroxylation is 3. The maximum absolute atomic E-state index is 12.9. The zero-order valence-corrected chi connectivity index (χ0v) is 19.9. The molecule has 5 rings (SSSR count). The minimum atomic E-state index is 0.173. The molecule has 3 aromatic rings. The molecule has 5 heteroatoms. The summed E-state index contributed by atoms with van der Waals surface area (Å²) in [4.78, 5) is 20.1. The van der Waals surface area contributed by atoms with Gasteiger partial charge in [-0.2, -0.15) is 0 Å². The van der Waals surface area contributed by atoms with Gasteiger partial charge in [0.2, 0.25) is 5.91 Å². The Labute approximate surface area is 196 Å². The highest BCUT2D eigenvalue weighted by Crippen LogP contribution is 2.34. The molecular weight excluding hydrogens is 410 g/mol. The highest BCUT2D eigenvalue weighted by Gasteiger charge is 2.37. The topological polar surface area (TPSA) is 47.4 Å². The first-order valence-corrected chi connectivity index (χ1v) is 12.5. The van der Waals surface area contributed by atoms with Gasteiger partial charge in [0, 0.05) is 31.5 Å². The van der Waals surface area contributed by atoms with Gasteiger partial charge in [0.15, 0.2) is 0 Å². The molecule has 1 amide bonds. The second-order valence-electron chi connectivity index (χ2n) is 9.82. The molecule has 174 valence electrons. The van der Waals surface area contributed by atoms with Crippen molar-refractivity contribution in [1.29, 1.82) is 0 Å². The molecule has 0 spiro atoms. The van der Waals surface area contributed by atoms with Gasteiger partial charge < -0.3 is 14.2 Å². The number of rotatable bonds is 7. The molecule has 2 fully saturated rings. The predicted octanol–water partition coefficient (Wildman–Crippen LogP) is 5.77. The number of likely N-dealkylation sites (tertiary alicyclic amines) is 1. The van der Waals surface area contributed by atoms with Crippen molar-refractivity contribution in [1.82, 2.24) is 14.5 Å². The number of para-hydroxylation sites is 2. The van der Waals surface area contributed by atoms with Crippen molar-refractivity contribution in [2.75, 3.05) is 13.2 Å². The van der Waals surface area contributed by atoms with Crippen molar-refractivity contribution in [2.24, 2.45) is 0 Å². The van der Waals surface area contributed by atoms with Crippen molar-refractivity contribution < 1.29 is 9.53 Å². The van der Waals surface area contributed by atoms with Crippen LogP contribution in [-0.4, -0.2) is 39.6 Å². The van der Waals surface area contributed by atoms with Gasteiger partial charge in [0.25, 0.3) is 0 Å². The third-order valence-corrected chi connectivity index (χ3v) is 7.34. The molecule has 1 aliphatic heterocycles. The quantitative estimate of drug-likeness (QED) is 0.434. The number of hydrogen-bond acceptors (Lipinski definition) is 3. The number of amides is 1. The number of ether oxygens (including phenoxy) is 1. The first kappa shape index (κ1) is 22.0. The van der Waals surface area contributed by atoms with E-state index in [4.69, 9.17) is 9.72 Å². The Balaban J connectivity index is 1.31. The Morgan fingerprint density at radius 3 is 2.70 bits per heavy atom. The van der Waals surface area contributed by atoms with Gasteiger partial charge in [-0.3, -0.25) is 4.79 Å². The molecule has 2 heterocycles. The van der Waals surface area contributed by atoms with E-state index in [1.54, 1.807) is 0 Å². The fourth-order valence-electron chi connectivity index (χ4n) is 5.66. The number of fused-ring (bicyclic) bond motifs is 1. The highest BCUT2D eigenvalue weighted by molar-refractivity contribution is 5.81.